The lowest BCUT2D eigenvalue weighted by Gasteiger charge is -2.39. The van der Waals surface area contributed by atoms with Crippen LogP contribution < -0.4 is 10.2 Å². The van der Waals surface area contributed by atoms with E-state index in [1.807, 2.05) is 24.3 Å². The summed E-state index contributed by atoms with van der Waals surface area (Å²) in [5.41, 5.74) is 2.06. The highest BCUT2D eigenvalue weighted by molar-refractivity contribution is 6.41. The molecule has 1 N–H and O–H groups in total. The minimum atomic E-state index is -0.493. The van der Waals surface area contributed by atoms with E-state index in [1.54, 1.807) is 4.90 Å². The second-order valence-corrected chi connectivity index (χ2v) is 4.21. The van der Waals surface area contributed by atoms with Crippen LogP contribution in [-0.4, -0.2) is 24.4 Å². The summed E-state index contributed by atoms with van der Waals surface area (Å²) in [5, 5.41) is 2.63. The quantitative estimate of drug-likeness (QED) is 0.641. The van der Waals surface area contributed by atoms with Gasteiger partial charge in [-0.25, -0.2) is 0 Å². The van der Waals surface area contributed by atoms with Gasteiger partial charge in [0.15, 0.2) is 0 Å². The lowest BCUT2D eigenvalue weighted by atomic mass is 9.94. The van der Waals surface area contributed by atoms with E-state index in [9.17, 15) is 9.59 Å². The number of nitrogens with one attached hydrogen (secondary N) is 1. The Bertz CT molecular complexity index is 470. The number of piperazine rings is 1. The molecule has 0 aromatic heterocycles. The Morgan fingerprint density at radius 1 is 1.25 bits per heavy atom. The molecule has 16 heavy (non-hydrogen) atoms. The first kappa shape index (κ1) is 9.39. The van der Waals surface area contributed by atoms with Gasteiger partial charge in [-0.2, -0.15) is 0 Å². The summed E-state index contributed by atoms with van der Waals surface area (Å²) < 4.78 is 0. The van der Waals surface area contributed by atoms with Crippen LogP contribution >= 0.6 is 0 Å². The average molecular weight is 216 g/mol. The first-order chi connectivity index (χ1) is 7.77. The fourth-order valence-corrected chi connectivity index (χ4v) is 2.47. The second-order valence-electron chi connectivity index (χ2n) is 4.21. The molecule has 2 amide bonds. The minimum absolute atomic E-state index is 0.125. The van der Waals surface area contributed by atoms with Gasteiger partial charge in [0.05, 0.1) is 6.04 Å². The number of benzene rings is 1. The number of amides is 2. The number of carbonyl (C=O) groups is 2. The van der Waals surface area contributed by atoms with Crippen LogP contribution in [0.3, 0.4) is 0 Å². The zero-order chi connectivity index (χ0) is 11.1. The first-order valence-electron chi connectivity index (χ1n) is 5.46. The van der Waals surface area contributed by atoms with Gasteiger partial charge in [0.1, 0.15) is 0 Å². The SMILES string of the molecule is O=C1NCC2CCc3ccccc3N2C1=O. The molecule has 4 nitrogen and oxygen atoms in total. The number of hydrogen-bond acceptors (Lipinski definition) is 2. The standard InChI is InChI=1S/C12H12N2O2/c15-11-12(16)14-9(7-13-11)6-5-8-3-1-2-4-10(8)14/h1-4,9H,5-7H2,(H,13,15). The number of carbonyl (C=O) groups excluding carboxylic acids is 2. The topological polar surface area (TPSA) is 49.4 Å². The van der Waals surface area contributed by atoms with Crippen molar-refractivity contribution < 1.29 is 9.59 Å². The molecule has 1 aromatic rings. The number of nitrogens with zero attached hydrogens (tertiary/aromatic N) is 1. The smallest absolute Gasteiger partial charge is 0.316 e. The van der Waals surface area contributed by atoms with Gasteiger partial charge in [0, 0.05) is 12.2 Å². The maximum Gasteiger partial charge on any atom is 0.316 e. The number of rotatable bonds is 0. The van der Waals surface area contributed by atoms with Crippen LogP contribution in [-0.2, 0) is 16.0 Å². The Morgan fingerprint density at radius 3 is 2.94 bits per heavy atom. The van der Waals surface area contributed by atoms with Crippen LogP contribution in [0, 0.1) is 0 Å². The highest BCUT2D eigenvalue weighted by Crippen LogP contribution is 2.31. The first-order valence-corrected chi connectivity index (χ1v) is 5.46. The van der Waals surface area contributed by atoms with Crippen LogP contribution in [0.15, 0.2) is 24.3 Å². The van der Waals surface area contributed by atoms with Gasteiger partial charge in [0.25, 0.3) is 0 Å². The second kappa shape index (κ2) is 3.33. The van der Waals surface area contributed by atoms with Crippen molar-refractivity contribution in [1.29, 1.82) is 0 Å². The van der Waals surface area contributed by atoms with E-state index in [4.69, 9.17) is 0 Å². The molecule has 2 heterocycles. The van der Waals surface area contributed by atoms with Gasteiger partial charge in [-0.15, -0.1) is 0 Å². The zero-order valence-corrected chi connectivity index (χ0v) is 8.77. The van der Waals surface area contributed by atoms with E-state index in [0.29, 0.717) is 6.54 Å². The summed E-state index contributed by atoms with van der Waals surface area (Å²) in [7, 11) is 0. The number of para-hydroxylation sites is 1. The normalized spacial score (nSPS) is 23.5. The zero-order valence-electron chi connectivity index (χ0n) is 8.77. The lowest BCUT2D eigenvalue weighted by Crippen LogP contribution is -2.59. The van der Waals surface area contributed by atoms with Crippen LogP contribution in [0.5, 0.6) is 0 Å². The predicted octanol–water partition coefficient (Wildman–Crippen LogP) is 0.464. The Balaban J connectivity index is 2.08. The molecule has 0 spiro atoms. The van der Waals surface area contributed by atoms with Gasteiger partial charge >= 0.3 is 11.8 Å². The molecule has 3 rings (SSSR count). The van der Waals surface area contributed by atoms with Crippen molar-refractivity contribution in [3.8, 4) is 0 Å². The van der Waals surface area contributed by atoms with Gasteiger partial charge in [-0.05, 0) is 24.5 Å². The molecule has 2 aliphatic heterocycles. The van der Waals surface area contributed by atoms with Gasteiger partial charge in [-0.3, -0.25) is 14.5 Å². The van der Waals surface area contributed by atoms with Crippen LogP contribution in [0.25, 0.3) is 0 Å². The largest absolute Gasteiger partial charge is 0.346 e. The van der Waals surface area contributed by atoms with Crippen molar-refractivity contribution in [3.05, 3.63) is 29.8 Å². The molecule has 82 valence electrons. The van der Waals surface area contributed by atoms with Gasteiger partial charge in [-0.1, -0.05) is 18.2 Å². The van der Waals surface area contributed by atoms with E-state index in [-0.39, 0.29) is 6.04 Å². The number of aryl methyl sites for hydroxylation is 1. The third-order valence-electron chi connectivity index (χ3n) is 3.27. The van der Waals surface area contributed by atoms with E-state index in [2.05, 4.69) is 5.32 Å². The summed E-state index contributed by atoms with van der Waals surface area (Å²) >= 11 is 0. The Labute approximate surface area is 93.2 Å². The number of hydrogen-bond donors (Lipinski definition) is 1. The molecular formula is C12H12N2O2. The number of anilines is 1. The summed E-state index contributed by atoms with van der Waals surface area (Å²) in [6.07, 6.45) is 1.89. The van der Waals surface area contributed by atoms with Crippen molar-refractivity contribution in [2.75, 3.05) is 11.4 Å². The summed E-state index contributed by atoms with van der Waals surface area (Å²) in [5.74, 6) is -0.920. The third-order valence-corrected chi connectivity index (χ3v) is 3.27. The molecule has 0 saturated carbocycles. The van der Waals surface area contributed by atoms with E-state index >= 15 is 0 Å². The molecule has 0 bridgehead atoms. The molecule has 1 saturated heterocycles. The Kier molecular flexibility index (Phi) is 1.96. The van der Waals surface area contributed by atoms with Crippen molar-refractivity contribution in [2.24, 2.45) is 0 Å². The van der Waals surface area contributed by atoms with E-state index in [1.165, 1.54) is 0 Å². The molecule has 0 radical (unpaired) electrons. The van der Waals surface area contributed by atoms with Crippen molar-refractivity contribution in [1.82, 2.24) is 5.32 Å². The highest BCUT2D eigenvalue weighted by Gasteiger charge is 2.37. The summed E-state index contributed by atoms with van der Waals surface area (Å²) in [6.45, 7) is 0.568. The third kappa shape index (κ3) is 1.23. The Morgan fingerprint density at radius 2 is 2.06 bits per heavy atom. The molecule has 1 aromatic carbocycles. The molecule has 4 heteroatoms. The minimum Gasteiger partial charge on any atom is -0.346 e. The molecule has 0 aliphatic carbocycles. The fourth-order valence-electron chi connectivity index (χ4n) is 2.47. The van der Waals surface area contributed by atoms with Crippen LogP contribution in [0.1, 0.15) is 12.0 Å². The maximum atomic E-state index is 11.8. The van der Waals surface area contributed by atoms with Crippen molar-refractivity contribution in [3.63, 3.8) is 0 Å². The average Bonchev–Trinajstić information content (AvgIpc) is 2.33. The Hall–Kier alpha value is -1.84. The van der Waals surface area contributed by atoms with Crippen molar-refractivity contribution in [2.45, 2.75) is 18.9 Å². The van der Waals surface area contributed by atoms with Gasteiger partial charge < -0.3 is 5.32 Å². The summed E-state index contributed by atoms with van der Waals surface area (Å²) in [6, 6.07) is 7.93. The highest BCUT2D eigenvalue weighted by atomic mass is 16.2. The molecule has 1 atom stereocenters. The summed E-state index contributed by atoms with van der Waals surface area (Å²) in [4.78, 5) is 24.8. The predicted molar refractivity (Wildman–Crippen MR) is 59.0 cm³/mol. The van der Waals surface area contributed by atoms with E-state index < -0.39 is 11.8 Å². The maximum absolute atomic E-state index is 11.8. The monoisotopic (exact) mass is 216 g/mol. The molecular weight excluding hydrogens is 204 g/mol. The van der Waals surface area contributed by atoms with E-state index in [0.717, 1.165) is 24.1 Å². The van der Waals surface area contributed by atoms with Crippen LogP contribution in [0.2, 0.25) is 0 Å². The fraction of sp³-hybridized carbons (Fsp3) is 0.333. The molecule has 1 unspecified atom stereocenters. The molecule has 2 aliphatic rings. The van der Waals surface area contributed by atoms with Crippen molar-refractivity contribution >= 4 is 17.5 Å². The number of fused-ring (bicyclic) bond motifs is 3. The van der Waals surface area contributed by atoms with Crippen LogP contribution in [0.4, 0.5) is 5.69 Å². The van der Waals surface area contributed by atoms with Gasteiger partial charge in [0.2, 0.25) is 0 Å². The molecule has 1 fully saturated rings. The lowest BCUT2D eigenvalue weighted by molar-refractivity contribution is -0.139.